The fraction of sp³-hybridized carbons (Fsp3) is 0.500. The first-order valence-corrected chi connectivity index (χ1v) is 15.5. The fourth-order valence-electron chi connectivity index (χ4n) is 5.84. The van der Waals surface area contributed by atoms with E-state index in [4.69, 9.17) is 14.8 Å². The van der Waals surface area contributed by atoms with Crippen molar-refractivity contribution in [3.8, 4) is 0 Å². The number of anilines is 4. The summed E-state index contributed by atoms with van der Waals surface area (Å²) in [5.41, 5.74) is 2.96. The Morgan fingerprint density at radius 2 is 1.80 bits per heavy atom. The zero-order valence-corrected chi connectivity index (χ0v) is 23.5. The molecule has 1 spiro atoms. The van der Waals surface area contributed by atoms with Crippen LogP contribution in [0.5, 0.6) is 0 Å². The standard InChI is InChI=1S/C28H36N6O5S/c1-32-9-4-20-18-24(29-26(25(20)32)34-12-15-39-16-13-34)30-27(36)22-3-2-21(31-40(37,38)17-14-35)19-23(22)33-10-7-28(5-6-28)8-11-33/h2-4,9,18-19,31,35H,5-8,10-17H2,1H3,(H,29,30,36). The van der Waals surface area contributed by atoms with Crippen LogP contribution in [-0.2, 0) is 21.8 Å². The Morgan fingerprint density at radius 3 is 2.50 bits per heavy atom. The number of morpholine rings is 1. The van der Waals surface area contributed by atoms with E-state index >= 15 is 0 Å². The van der Waals surface area contributed by atoms with Crippen molar-refractivity contribution in [3.63, 3.8) is 0 Å². The molecule has 12 heteroatoms. The van der Waals surface area contributed by atoms with Gasteiger partial charge >= 0.3 is 0 Å². The number of rotatable bonds is 8. The van der Waals surface area contributed by atoms with Gasteiger partial charge < -0.3 is 29.5 Å². The molecule has 0 radical (unpaired) electrons. The molecule has 40 heavy (non-hydrogen) atoms. The van der Waals surface area contributed by atoms with E-state index in [1.165, 1.54) is 12.8 Å². The fourth-order valence-corrected chi connectivity index (χ4v) is 6.67. The number of aliphatic hydroxyl groups is 1. The van der Waals surface area contributed by atoms with Crippen molar-refractivity contribution in [2.24, 2.45) is 12.5 Å². The van der Waals surface area contributed by atoms with Gasteiger partial charge in [-0.05, 0) is 61.4 Å². The number of carbonyl (C=O) groups excluding carboxylic acids is 1. The zero-order valence-electron chi connectivity index (χ0n) is 22.7. The van der Waals surface area contributed by atoms with Crippen molar-refractivity contribution in [2.45, 2.75) is 25.7 Å². The van der Waals surface area contributed by atoms with E-state index in [0.29, 0.717) is 41.4 Å². The molecule has 0 unspecified atom stereocenters. The third kappa shape index (κ3) is 5.48. The molecule has 0 atom stereocenters. The number of aliphatic hydroxyl groups excluding tert-OH is 1. The molecule has 2 saturated heterocycles. The van der Waals surface area contributed by atoms with Crippen molar-refractivity contribution in [1.82, 2.24) is 9.55 Å². The number of aryl methyl sites for hydroxylation is 1. The summed E-state index contributed by atoms with van der Waals surface area (Å²) in [6.07, 6.45) is 6.62. The Labute approximate surface area is 234 Å². The third-order valence-corrected chi connectivity index (χ3v) is 9.65. The van der Waals surface area contributed by atoms with Gasteiger partial charge in [0.25, 0.3) is 5.91 Å². The molecule has 1 amide bonds. The van der Waals surface area contributed by atoms with E-state index in [0.717, 1.165) is 55.7 Å². The molecular formula is C28H36N6O5S. The minimum absolute atomic E-state index is 0.304. The maximum atomic E-state index is 13.8. The summed E-state index contributed by atoms with van der Waals surface area (Å²) in [5, 5.41) is 13.1. The number of ether oxygens (including phenoxy) is 1. The van der Waals surface area contributed by atoms with E-state index in [-0.39, 0.29) is 5.91 Å². The van der Waals surface area contributed by atoms with Crippen molar-refractivity contribution in [2.75, 3.05) is 71.6 Å². The highest BCUT2D eigenvalue weighted by molar-refractivity contribution is 7.92. The van der Waals surface area contributed by atoms with Gasteiger partial charge in [-0.15, -0.1) is 0 Å². The molecule has 3 aliphatic rings. The van der Waals surface area contributed by atoms with Crippen LogP contribution in [-0.4, -0.2) is 80.7 Å². The number of fused-ring (bicyclic) bond motifs is 1. The Balaban J connectivity index is 1.31. The minimum atomic E-state index is -3.70. The first-order valence-electron chi connectivity index (χ1n) is 13.9. The van der Waals surface area contributed by atoms with Crippen LogP contribution < -0.4 is 19.8 Å². The van der Waals surface area contributed by atoms with Crippen molar-refractivity contribution in [3.05, 3.63) is 42.1 Å². The summed E-state index contributed by atoms with van der Waals surface area (Å²) in [6, 6.07) is 8.87. The normalized spacial score (nSPS) is 18.8. The molecule has 4 heterocycles. The lowest BCUT2D eigenvalue weighted by atomic mass is 9.93. The van der Waals surface area contributed by atoms with E-state index in [1.54, 1.807) is 18.2 Å². The van der Waals surface area contributed by atoms with Crippen LogP contribution in [0.4, 0.5) is 23.0 Å². The molecule has 6 rings (SSSR count). The summed E-state index contributed by atoms with van der Waals surface area (Å²) in [7, 11) is -1.72. The van der Waals surface area contributed by atoms with E-state index in [2.05, 4.69) is 19.8 Å². The van der Waals surface area contributed by atoms with Crippen LogP contribution in [0.1, 0.15) is 36.0 Å². The number of amides is 1. The first kappa shape index (κ1) is 26.9. The van der Waals surface area contributed by atoms with Gasteiger partial charge in [0.1, 0.15) is 5.82 Å². The number of nitrogens with one attached hydrogen (secondary N) is 2. The summed E-state index contributed by atoms with van der Waals surface area (Å²) in [6.45, 7) is 3.84. The van der Waals surface area contributed by atoms with Gasteiger partial charge in [0.15, 0.2) is 5.82 Å². The van der Waals surface area contributed by atoms with Crippen LogP contribution in [0, 0.1) is 5.41 Å². The monoisotopic (exact) mass is 568 g/mol. The smallest absolute Gasteiger partial charge is 0.258 e. The number of hydrogen-bond acceptors (Lipinski definition) is 8. The van der Waals surface area contributed by atoms with Crippen molar-refractivity contribution in [1.29, 1.82) is 0 Å². The van der Waals surface area contributed by atoms with Crippen molar-refractivity contribution < 1.29 is 23.1 Å². The van der Waals surface area contributed by atoms with Crippen LogP contribution >= 0.6 is 0 Å². The third-order valence-electron chi connectivity index (χ3n) is 8.38. The largest absolute Gasteiger partial charge is 0.395 e. The highest BCUT2D eigenvalue weighted by Crippen LogP contribution is 2.54. The summed E-state index contributed by atoms with van der Waals surface area (Å²) >= 11 is 0. The van der Waals surface area contributed by atoms with Gasteiger partial charge in [0.2, 0.25) is 10.0 Å². The highest BCUT2D eigenvalue weighted by Gasteiger charge is 2.44. The van der Waals surface area contributed by atoms with Crippen molar-refractivity contribution >= 4 is 49.8 Å². The molecule has 3 N–H and O–H groups in total. The number of nitrogens with zero attached hydrogens (tertiary/aromatic N) is 4. The van der Waals surface area contributed by atoms with Crippen LogP contribution in [0.2, 0.25) is 0 Å². The quantitative estimate of drug-likeness (QED) is 0.379. The minimum Gasteiger partial charge on any atom is -0.395 e. The average Bonchev–Trinajstić information content (AvgIpc) is 3.59. The van der Waals surface area contributed by atoms with Crippen LogP contribution in [0.25, 0.3) is 10.9 Å². The number of carbonyl (C=O) groups is 1. The number of hydrogen-bond donors (Lipinski definition) is 3. The molecular weight excluding hydrogens is 532 g/mol. The molecule has 1 aromatic carbocycles. The van der Waals surface area contributed by atoms with Gasteiger partial charge in [0.05, 0.1) is 48.0 Å². The molecule has 3 aromatic rings. The average molecular weight is 569 g/mol. The van der Waals surface area contributed by atoms with E-state index in [1.807, 2.05) is 29.9 Å². The Kier molecular flexibility index (Phi) is 7.09. The maximum Gasteiger partial charge on any atom is 0.258 e. The zero-order chi connectivity index (χ0) is 27.9. The van der Waals surface area contributed by atoms with Gasteiger partial charge in [-0.2, -0.15) is 0 Å². The van der Waals surface area contributed by atoms with Crippen LogP contribution in [0.15, 0.2) is 36.5 Å². The number of benzene rings is 1. The Hall–Kier alpha value is -3.35. The predicted octanol–water partition coefficient (Wildman–Crippen LogP) is 2.78. The topological polar surface area (TPSA) is 129 Å². The summed E-state index contributed by atoms with van der Waals surface area (Å²) in [5.74, 6) is 0.570. The molecule has 2 aromatic heterocycles. The second-order valence-corrected chi connectivity index (χ2v) is 13.0. The maximum absolute atomic E-state index is 13.8. The molecule has 2 aliphatic heterocycles. The Bertz CT molecular complexity index is 1520. The molecule has 1 aliphatic carbocycles. The molecule has 214 valence electrons. The van der Waals surface area contributed by atoms with Gasteiger partial charge in [-0.1, -0.05) is 0 Å². The highest BCUT2D eigenvalue weighted by atomic mass is 32.2. The summed E-state index contributed by atoms with van der Waals surface area (Å²) < 4.78 is 34.8. The first-order chi connectivity index (χ1) is 19.3. The second-order valence-electron chi connectivity index (χ2n) is 11.1. The van der Waals surface area contributed by atoms with Gasteiger partial charge in [0, 0.05) is 44.8 Å². The van der Waals surface area contributed by atoms with E-state index in [9.17, 15) is 13.2 Å². The Morgan fingerprint density at radius 1 is 1.05 bits per heavy atom. The molecule has 11 nitrogen and oxygen atoms in total. The number of sulfonamides is 1. The van der Waals surface area contributed by atoms with Crippen LogP contribution in [0.3, 0.4) is 0 Å². The molecule has 1 saturated carbocycles. The van der Waals surface area contributed by atoms with E-state index < -0.39 is 22.4 Å². The van der Waals surface area contributed by atoms with Gasteiger partial charge in [-0.25, -0.2) is 13.4 Å². The molecule has 3 fully saturated rings. The molecule has 0 bridgehead atoms. The predicted molar refractivity (Wildman–Crippen MR) is 156 cm³/mol. The number of pyridine rings is 1. The number of piperidine rings is 1. The lowest BCUT2D eigenvalue weighted by molar-refractivity contribution is 0.102. The summed E-state index contributed by atoms with van der Waals surface area (Å²) in [4.78, 5) is 23.0. The van der Waals surface area contributed by atoms with Gasteiger partial charge in [-0.3, -0.25) is 9.52 Å². The number of aromatic nitrogens is 2. The second kappa shape index (κ2) is 10.6. The SMILES string of the molecule is Cn1ccc2cc(NC(=O)c3ccc(NS(=O)(=O)CCO)cc3N3CCC4(CC3)CC4)nc(N3CCOCC3)c21. The lowest BCUT2D eigenvalue weighted by Gasteiger charge is -2.35. The lowest BCUT2D eigenvalue weighted by Crippen LogP contribution is -2.37.